The van der Waals surface area contributed by atoms with Gasteiger partial charge >= 0.3 is 0 Å². The number of carbonyl (C=O) groups is 1. The maximum Gasteiger partial charge on any atom is 0.198 e. The van der Waals surface area contributed by atoms with E-state index in [1.54, 1.807) is 6.07 Å². The number of carbonyl (C=O) groups excluding carboxylic acids is 1. The Hall–Kier alpha value is -1.85. The molecule has 1 heterocycles. The van der Waals surface area contributed by atoms with Gasteiger partial charge in [-0.3, -0.25) is 9.78 Å². The zero-order valence-corrected chi connectivity index (χ0v) is 13.3. The van der Waals surface area contributed by atoms with Crippen LogP contribution in [0.4, 0.5) is 8.78 Å². The van der Waals surface area contributed by atoms with Crippen molar-refractivity contribution in [1.29, 1.82) is 0 Å². The van der Waals surface area contributed by atoms with E-state index in [4.69, 9.17) is 11.6 Å². The average Bonchev–Trinajstić information content (AvgIpc) is 2.49. The van der Waals surface area contributed by atoms with Gasteiger partial charge in [0.1, 0.15) is 11.6 Å². The van der Waals surface area contributed by atoms with Gasteiger partial charge in [-0.2, -0.15) is 0 Å². The van der Waals surface area contributed by atoms with E-state index in [0.29, 0.717) is 10.8 Å². The van der Waals surface area contributed by atoms with Crippen LogP contribution >= 0.6 is 27.5 Å². The van der Waals surface area contributed by atoms with Crippen LogP contribution in [0.15, 0.2) is 47.2 Å². The van der Waals surface area contributed by atoms with Crippen LogP contribution in [-0.2, 0) is 0 Å². The van der Waals surface area contributed by atoms with Crippen molar-refractivity contribution in [2.24, 2.45) is 0 Å². The molecule has 0 unspecified atom stereocenters. The lowest BCUT2D eigenvalue weighted by atomic mass is 10.00. The molecule has 0 aliphatic heterocycles. The molecule has 0 amide bonds. The van der Waals surface area contributed by atoms with Gasteiger partial charge in [-0.25, -0.2) is 8.78 Å². The quantitative estimate of drug-likeness (QED) is 0.573. The highest BCUT2D eigenvalue weighted by molar-refractivity contribution is 9.10. The highest BCUT2D eigenvalue weighted by atomic mass is 79.9. The second-order valence-electron chi connectivity index (χ2n) is 4.60. The van der Waals surface area contributed by atoms with E-state index in [1.165, 1.54) is 24.5 Å². The fraction of sp³-hybridized carbons (Fsp3) is 0. The van der Waals surface area contributed by atoms with Crippen LogP contribution in [0.25, 0.3) is 10.8 Å². The number of ketones is 1. The zero-order valence-electron chi connectivity index (χ0n) is 10.9. The predicted molar refractivity (Wildman–Crippen MR) is 84.2 cm³/mol. The second-order valence-corrected chi connectivity index (χ2v) is 5.80. The van der Waals surface area contributed by atoms with Crippen LogP contribution < -0.4 is 0 Å². The van der Waals surface area contributed by atoms with E-state index < -0.39 is 17.4 Å². The second kappa shape index (κ2) is 5.74. The summed E-state index contributed by atoms with van der Waals surface area (Å²) in [6.45, 7) is 0. The summed E-state index contributed by atoms with van der Waals surface area (Å²) < 4.78 is 28.0. The van der Waals surface area contributed by atoms with Crippen molar-refractivity contribution in [2.45, 2.75) is 0 Å². The highest BCUT2D eigenvalue weighted by Gasteiger charge is 2.22. The molecule has 2 aromatic carbocycles. The van der Waals surface area contributed by atoms with Gasteiger partial charge in [-0.1, -0.05) is 11.6 Å². The summed E-state index contributed by atoms with van der Waals surface area (Å²) >= 11 is 9.16. The van der Waals surface area contributed by atoms with E-state index in [9.17, 15) is 13.6 Å². The first-order chi connectivity index (χ1) is 10.5. The van der Waals surface area contributed by atoms with Gasteiger partial charge in [0.15, 0.2) is 5.78 Å². The third-order valence-electron chi connectivity index (χ3n) is 3.23. The molecule has 0 aliphatic carbocycles. The first-order valence-electron chi connectivity index (χ1n) is 6.20. The van der Waals surface area contributed by atoms with Gasteiger partial charge in [0, 0.05) is 27.8 Å². The largest absolute Gasteiger partial charge is 0.288 e. The normalized spacial score (nSPS) is 10.9. The molecule has 0 saturated heterocycles. The fourth-order valence-corrected chi connectivity index (χ4v) is 3.08. The maximum absolute atomic E-state index is 14.3. The monoisotopic (exact) mass is 381 g/mol. The molecule has 3 aromatic rings. The van der Waals surface area contributed by atoms with Gasteiger partial charge in [-0.05, 0) is 51.6 Å². The van der Waals surface area contributed by atoms with Crippen LogP contribution in [0.5, 0.6) is 0 Å². The summed E-state index contributed by atoms with van der Waals surface area (Å²) in [5.41, 5.74) is -0.294. The number of benzene rings is 2. The Morgan fingerprint density at radius 1 is 1.18 bits per heavy atom. The molecule has 0 N–H and O–H groups in total. The van der Waals surface area contributed by atoms with E-state index in [1.807, 2.05) is 0 Å². The molecule has 3 rings (SSSR count). The third-order valence-corrected chi connectivity index (χ3v) is 4.39. The fourth-order valence-electron chi connectivity index (χ4n) is 2.18. The van der Waals surface area contributed by atoms with Crippen LogP contribution in [0, 0.1) is 11.6 Å². The Bertz CT molecular complexity index is 914. The SMILES string of the molecule is O=C(c1cc(F)ccc1Cl)c1c(F)cc2ccncc2c1Br. The Balaban J connectivity index is 2.25. The van der Waals surface area contributed by atoms with Crippen molar-refractivity contribution in [3.63, 3.8) is 0 Å². The number of hydrogen-bond acceptors (Lipinski definition) is 2. The van der Waals surface area contributed by atoms with Crippen molar-refractivity contribution < 1.29 is 13.6 Å². The first-order valence-corrected chi connectivity index (χ1v) is 7.37. The molecule has 22 heavy (non-hydrogen) atoms. The molecule has 0 fully saturated rings. The van der Waals surface area contributed by atoms with E-state index in [2.05, 4.69) is 20.9 Å². The summed E-state index contributed by atoms with van der Waals surface area (Å²) in [7, 11) is 0. The van der Waals surface area contributed by atoms with Gasteiger partial charge < -0.3 is 0 Å². The van der Waals surface area contributed by atoms with Crippen LogP contribution in [0.3, 0.4) is 0 Å². The van der Waals surface area contributed by atoms with Crippen molar-refractivity contribution in [1.82, 2.24) is 4.98 Å². The Labute approximate surface area is 137 Å². The molecule has 0 radical (unpaired) electrons. The number of pyridine rings is 1. The molecule has 2 nitrogen and oxygen atoms in total. The third kappa shape index (κ3) is 2.51. The standard InChI is InChI=1S/C16H7BrClF2NO/c17-15-11-7-21-4-3-8(11)5-13(20)14(15)16(22)10-6-9(19)1-2-12(10)18/h1-7H. The van der Waals surface area contributed by atoms with Gasteiger partial charge in [0.05, 0.1) is 10.6 Å². The zero-order chi connectivity index (χ0) is 15.9. The minimum atomic E-state index is -0.712. The maximum atomic E-state index is 14.3. The van der Waals surface area contributed by atoms with Gasteiger partial charge in [-0.15, -0.1) is 0 Å². The Kier molecular flexibility index (Phi) is 3.93. The minimum absolute atomic E-state index is 0.0592. The minimum Gasteiger partial charge on any atom is -0.288 e. The van der Waals surface area contributed by atoms with Crippen molar-refractivity contribution in [3.05, 3.63) is 75.0 Å². The highest BCUT2D eigenvalue weighted by Crippen LogP contribution is 2.32. The van der Waals surface area contributed by atoms with E-state index >= 15 is 0 Å². The summed E-state index contributed by atoms with van der Waals surface area (Å²) in [5.74, 6) is -2.03. The summed E-state index contributed by atoms with van der Waals surface area (Å²) in [6.07, 6.45) is 3.04. The summed E-state index contributed by atoms with van der Waals surface area (Å²) in [4.78, 5) is 16.5. The summed E-state index contributed by atoms with van der Waals surface area (Å²) in [5, 5.41) is 1.24. The van der Waals surface area contributed by atoms with E-state index in [0.717, 1.165) is 12.1 Å². The summed E-state index contributed by atoms with van der Waals surface area (Å²) in [6, 6.07) is 6.26. The molecular weight excluding hydrogens is 376 g/mol. The molecule has 110 valence electrons. The van der Waals surface area contributed by atoms with Gasteiger partial charge in [0.25, 0.3) is 0 Å². The van der Waals surface area contributed by atoms with Crippen molar-refractivity contribution >= 4 is 44.1 Å². The van der Waals surface area contributed by atoms with Crippen molar-refractivity contribution in [2.75, 3.05) is 0 Å². The number of nitrogens with zero attached hydrogens (tertiary/aromatic N) is 1. The van der Waals surface area contributed by atoms with Gasteiger partial charge in [0.2, 0.25) is 0 Å². The molecule has 0 spiro atoms. The number of hydrogen-bond donors (Lipinski definition) is 0. The Morgan fingerprint density at radius 2 is 1.95 bits per heavy atom. The first kappa shape index (κ1) is 15.1. The molecule has 0 atom stereocenters. The number of aromatic nitrogens is 1. The smallest absolute Gasteiger partial charge is 0.198 e. The average molecular weight is 383 g/mol. The lowest BCUT2D eigenvalue weighted by molar-refractivity contribution is 0.103. The van der Waals surface area contributed by atoms with Crippen molar-refractivity contribution in [3.8, 4) is 0 Å². The topological polar surface area (TPSA) is 30.0 Å². The van der Waals surface area contributed by atoms with Crippen LogP contribution in [-0.4, -0.2) is 10.8 Å². The lowest BCUT2D eigenvalue weighted by Crippen LogP contribution is -2.07. The van der Waals surface area contributed by atoms with Crippen LogP contribution in [0.1, 0.15) is 15.9 Å². The molecule has 0 bridgehead atoms. The molecular formula is C16H7BrClF2NO. The molecule has 0 saturated carbocycles. The predicted octanol–water partition coefficient (Wildman–Crippen LogP) is 5.16. The molecule has 6 heteroatoms. The number of halogens is 4. The number of rotatable bonds is 2. The number of fused-ring (bicyclic) bond motifs is 1. The Morgan fingerprint density at radius 3 is 2.73 bits per heavy atom. The molecule has 1 aromatic heterocycles. The molecule has 0 aliphatic rings. The lowest BCUT2D eigenvalue weighted by Gasteiger charge is -2.10. The van der Waals surface area contributed by atoms with Crippen LogP contribution in [0.2, 0.25) is 5.02 Å². The van der Waals surface area contributed by atoms with E-state index in [-0.39, 0.29) is 20.6 Å².